The molecule has 0 aliphatic carbocycles. The lowest BCUT2D eigenvalue weighted by Gasteiger charge is -2.25. The fraction of sp³-hybridized carbons (Fsp3) is 0.333. The lowest BCUT2D eigenvalue weighted by molar-refractivity contribution is -0.116. The largest absolute Gasteiger partial charge is 0.489 e. The molecule has 0 saturated heterocycles. The Kier molecular flexibility index (Phi) is 6.78. The average molecular weight is 354 g/mol. The Morgan fingerprint density at radius 1 is 1.08 bits per heavy atom. The second kappa shape index (κ2) is 9.04. The molecule has 26 heavy (non-hydrogen) atoms. The van der Waals surface area contributed by atoms with Crippen LogP contribution in [0.1, 0.15) is 36.7 Å². The molecular weight excluding hydrogens is 328 g/mol. The molecule has 0 unspecified atom stereocenters. The molecular formula is C21H26N2O3. The Balaban J connectivity index is 2.07. The highest BCUT2D eigenvalue weighted by Crippen LogP contribution is 2.28. The molecule has 0 radical (unpaired) electrons. The minimum absolute atomic E-state index is 0.00529. The van der Waals surface area contributed by atoms with Crippen LogP contribution in [0.5, 0.6) is 5.75 Å². The number of ether oxygens (including phenoxy) is 1. The summed E-state index contributed by atoms with van der Waals surface area (Å²) in [5, 5.41) is 2.88. The highest BCUT2D eigenvalue weighted by atomic mass is 16.5. The molecule has 138 valence electrons. The number of anilines is 1. The third-order valence-corrected chi connectivity index (χ3v) is 3.91. The van der Waals surface area contributed by atoms with Crippen molar-refractivity contribution in [1.82, 2.24) is 5.32 Å². The van der Waals surface area contributed by atoms with Crippen molar-refractivity contribution in [3.63, 3.8) is 0 Å². The maximum absolute atomic E-state index is 12.3. The number of hydrogen-bond donors (Lipinski definition) is 1. The maximum Gasteiger partial charge on any atom is 0.251 e. The summed E-state index contributed by atoms with van der Waals surface area (Å²) in [5.74, 6) is 0.413. The van der Waals surface area contributed by atoms with Gasteiger partial charge in [-0.1, -0.05) is 30.3 Å². The quantitative estimate of drug-likeness (QED) is 0.827. The van der Waals surface area contributed by atoms with Crippen LogP contribution >= 0.6 is 0 Å². The molecule has 0 fully saturated rings. The number of rotatable bonds is 7. The van der Waals surface area contributed by atoms with E-state index in [1.54, 1.807) is 11.0 Å². The van der Waals surface area contributed by atoms with Crippen LogP contribution in [0, 0.1) is 6.92 Å². The molecule has 2 amide bonds. The van der Waals surface area contributed by atoms with Crippen molar-refractivity contribution in [2.75, 3.05) is 18.0 Å². The number of carbonyl (C=O) groups is 2. The van der Waals surface area contributed by atoms with Gasteiger partial charge in [0.2, 0.25) is 5.91 Å². The maximum atomic E-state index is 12.3. The molecule has 1 N–H and O–H groups in total. The number of aryl methyl sites for hydroxylation is 1. The number of para-hydroxylation sites is 2. The Morgan fingerprint density at radius 3 is 2.38 bits per heavy atom. The highest BCUT2D eigenvalue weighted by molar-refractivity contribution is 5.96. The molecule has 0 aromatic heterocycles. The number of amides is 2. The van der Waals surface area contributed by atoms with Gasteiger partial charge >= 0.3 is 0 Å². The van der Waals surface area contributed by atoms with Gasteiger partial charge in [-0.15, -0.1) is 0 Å². The summed E-state index contributed by atoms with van der Waals surface area (Å²) in [6.07, 6.45) is 0.00529. The summed E-state index contributed by atoms with van der Waals surface area (Å²) in [6, 6.07) is 14.9. The second-order valence-electron chi connectivity index (χ2n) is 6.38. The van der Waals surface area contributed by atoms with Crippen LogP contribution < -0.4 is 15.0 Å². The predicted molar refractivity (Wildman–Crippen MR) is 104 cm³/mol. The Bertz CT molecular complexity index is 771. The molecule has 0 bridgehead atoms. The lowest BCUT2D eigenvalue weighted by atomic mass is 10.1. The van der Waals surface area contributed by atoms with Gasteiger partial charge in [-0.2, -0.15) is 0 Å². The Hall–Kier alpha value is -2.82. The van der Waals surface area contributed by atoms with E-state index in [1.165, 1.54) is 6.92 Å². The van der Waals surface area contributed by atoms with E-state index >= 15 is 0 Å². The van der Waals surface area contributed by atoms with Gasteiger partial charge in [0, 0.05) is 25.6 Å². The number of benzene rings is 2. The van der Waals surface area contributed by atoms with Crippen LogP contribution in [-0.4, -0.2) is 31.0 Å². The molecule has 0 heterocycles. The smallest absolute Gasteiger partial charge is 0.251 e. The Morgan fingerprint density at radius 2 is 1.73 bits per heavy atom. The first kappa shape index (κ1) is 19.5. The van der Waals surface area contributed by atoms with E-state index in [0.29, 0.717) is 30.1 Å². The van der Waals surface area contributed by atoms with Crippen LogP contribution in [0.4, 0.5) is 5.69 Å². The molecule has 0 aliphatic heterocycles. The molecule has 2 aromatic rings. The summed E-state index contributed by atoms with van der Waals surface area (Å²) in [6.45, 7) is 8.01. The molecule has 2 rings (SSSR count). The van der Waals surface area contributed by atoms with E-state index in [1.807, 2.05) is 63.2 Å². The van der Waals surface area contributed by atoms with Crippen LogP contribution in [0.25, 0.3) is 0 Å². The van der Waals surface area contributed by atoms with Gasteiger partial charge in [0.25, 0.3) is 5.91 Å². The van der Waals surface area contributed by atoms with Gasteiger partial charge < -0.3 is 15.0 Å². The average Bonchev–Trinajstić information content (AvgIpc) is 2.59. The van der Waals surface area contributed by atoms with Crippen molar-refractivity contribution in [2.24, 2.45) is 0 Å². The number of hydrogen-bond acceptors (Lipinski definition) is 3. The zero-order valence-corrected chi connectivity index (χ0v) is 15.8. The molecule has 5 heteroatoms. The van der Waals surface area contributed by atoms with Gasteiger partial charge in [0.15, 0.2) is 0 Å². The third kappa shape index (κ3) is 5.09. The fourth-order valence-corrected chi connectivity index (χ4v) is 2.69. The SMILES string of the molecule is CC(=O)N(CCNC(=O)c1ccccc1C)c1ccccc1OC(C)C. The van der Waals surface area contributed by atoms with E-state index in [4.69, 9.17) is 4.74 Å². The summed E-state index contributed by atoms with van der Waals surface area (Å²) >= 11 is 0. The van der Waals surface area contributed by atoms with E-state index in [2.05, 4.69) is 5.32 Å². The molecule has 5 nitrogen and oxygen atoms in total. The van der Waals surface area contributed by atoms with Crippen molar-refractivity contribution in [2.45, 2.75) is 33.8 Å². The third-order valence-electron chi connectivity index (χ3n) is 3.91. The molecule has 0 atom stereocenters. The van der Waals surface area contributed by atoms with E-state index in [9.17, 15) is 9.59 Å². The minimum Gasteiger partial charge on any atom is -0.489 e. The monoisotopic (exact) mass is 354 g/mol. The minimum atomic E-state index is -0.140. The first-order valence-corrected chi connectivity index (χ1v) is 8.77. The first-order chi connectivity index (χ1) is 12.4. The van der Waals surface area contributed by atoms with Crippen LogP contribution in [0.3, 0.4) is 0 Å². The van der Waals surface area contributed by atoms with Crippen molar-refractivity contribution in [3.05, 3.63) is 59.7 Å². The van der Waals surface area contributed by atoms with Gasteiger partial charge in [0.1, 0.15) is 5.75 Å². The fourth-order valence-electron chi connectivity index (χ4n) is 2.69. The van der Waals surface area contributed by atoms with Gasteiger partial charge in [-0.3, -0.25) is 9.59 Å². The van der Waals surface area contributed by atoms with Crippen molar-refractivity contribution >= 4 is 17.5 Å². The van der Waals surface area contributed by atoms with Crippen molar-refractivity contribution in [1.29, 1.82) is 0 Å². The first-order valence-electron chi connectivity index (χ1n) is 8.77. The van der Waals surface area contributed by atoms with Crippen molar-refractivity contribution in [3.8, 4) is 5.75 Å². The van der Waals surface area contributed by atoms with Gasteiger partial charge in [-0.25, -0.2) is 0 Å². The Labute approximate surface area is 155 Å². The number of carbonyl (C=O) groups excluding carboxylic acids is 2. The second-order valence-corrected chi connectivity index (χ2v) is 6.38. The standard InChI is InChI=1S/C21H26N2O3/c1-15(2)26-20-12-8-7-11-19(20)23(17(4)24)14-13-22-21(25)18-10-6-5-9-16(18)3/h5-12,15H,13-14H2,1-4H3,(H,22,25). The van der Waals surface area contributed by atoms with E-state index in [-0.39, 0.29) is 17.9 Å². The highest BCUT2D eigenvalue weighted by Gasteiger charge is 2.17. The molecule has 2 aromatic carbocycles. The normalized spacial score (nSPS) is 10.5. The lowest BCUT2D eigenvalue weighted by Crippen LogP contribution is -2.38. The molecule has 0 saturated carbocycles. The molecule has 0 aliphatic rings. The van der Waals surface area contributed by atoms with Crippen LogP contribution in [0.2, 0.25) is 0 Å². The van der Waals surface area contributed by atoms with E-state index < -0.39 is 0 Å². The molecule has 0 spiro atoms. The summed E-state index contributed by atoms with van der Waals surface area (Å²) in [4.78, 5) is 26.1. The number of nitrogens with zero attached hydrogens (tertiary/aromatic N) is 1. The summed E-state index contributed by atoms with van der Waals surface area (Å²) in [7, 11) is 0. The van der Waals surface area contributed by atoms with Gasteiger partial charge in [0.05, 0.1) is 11.8 Å². The summed E-state index contributed by atoms with van der Waals surface area (Å²) in [5.41, 5.74) is 2.27. The van der Waals surface area contributed by atoms with Gasteiger partial charge in [-0.05, 0) is 44.5 Å². The summed E-state index contributed by atoms with van der Waals surface area (Å²) < 4.78 is 5.81. The zero-order chi connectivity index (χ0) is 19.1. The predicted octanol–water partition coefficient (Wildman–Crippen LogP) is 3.57. The number of nitrogens with one attached hydrogen (secondary N) is 1. The van der Waals surface area contributed by atoms with Crippen molar-refractivity contribution < 1.29 is 14.3 Å². The zero-order valence-electron chi connectivity index (χ0n) is 15.8. The van der Waals surface area contributed by atoms with Crippen LogP contribution in [-0.2, 0) is 4.79 Å². The topological polar surface area (TPSA) is 58.6 Å². The van der Waals surface area contributed by atoms with E-state index in [0.717, 1.165) is 5.56 Å². The van der Waals surface area contributed by atoms with Crippen LogP contribution in [0.15, 0.2) is 48.5 Å².